The van der Waals surface area contributed by atoms with E-state index < -0.39 is 0 Å². The molecule has 5 rings (SSSR count). The molecular formula is C28H26N2S. The summed E-state index contributed by atoms with van der Waals surface area (Å²) in [6, 6.07) is 33.6. The van der Waals surface area contributed by atoms with Crippen LogP contribution in [0.25, 0.3) is 21.8 Å². The monoisotopic (exact) mass is 422 g/mol. The first kappa shape index (κ1) is 20.0. The first-order chi connectivity index (χ1) is 15.4. The van der Waals surface area contributed by atoms with E-state index in [4.69, 9.17) is 4.98 Å². The van der Waals surface area contributed by atoms with Crippen LogP contribution in [0.4, 0.5) is 0 Å². The third-order valence-electron chi connectivity index (χ3n) is 6.12. The summed E-state index contributed by atoms with van der Waals surface area (Å²) in [6.45, 7) is 3.46. The Morgan fingerprint density at radius 1 is 0.871 bits per heavy atom. The zero-order valence-electron chi connectivity index (χ0n) is 17.6. The molecule has 1 aromatic heterocycles. The minimum Gasteiger partial charge on any atom is -0.303 e. The van der Waals surface area contributed by atoms with E-state index in [0.717, 1.165) is 42.3 Å². The number of thiazole rings is 1. The van der Waals surface area contributed by atoms with Crippen molar-refractivity contribution in [2.75, 3.05) is 19.6 Å². The Morgan fingerprint density at radius 2 is 1.61 bits per heavy atom. The molecule has 0 unspecified atom stereocenters. The van der Waals surface area contributed by atoms with Crippen LogP contribution in [0.2, 0.25) is 0 Å². The largest absolute Gasteiger partial charge is 0.303 e. The fourth-order valence-electron chi connectivity index (χ4n) is 4.36. The molecule has 1 fully saturated rings. The molecule has 31 heavy (non-hydrogen) atoms. The molecule has 0 atom stereocenters. The van der Waals surface area contributed by atoms with Gasteiger partial charge in [-0.2, -0.15) is 0 Å². The second-order valence-electron chi connectivity index (χ2n) is 8.17. The molecule has 1 saturated heterocycles. The standard InChI is InChI=1S/C28H26N2S/c1-4-10-22(11-5-1)16-19-30-20-17-24(18-21-30)27-26(23-12-6-2-7-13-23)29-28(31-27)25-14-8-3-9-15-25/h1,3-6,8-15,24H,16-21H2. The molecule has 1 aliphatic rings. The van der Waals surface area contributed by atoms with Crippen molar-refractivity contribution in [2.45, 2.75) is 25.2 Å². The molecule has 0 bridgehead atoms. The van der Waals surface area contributed by atoms with Crippen molar-refractivity contribution < 1.29 is 0 Å². The van der Waals surface area contributed by atoms with E-state index in [2.05, 4.69) is 83.8 Å². The van der Waals surface area contributed by atoms with E-state index >= 15 is 0 Å². The first-order valence-electron chi connectivity index (χ1n) is 11.1. The highest BCUT2D eigenvalue weighted by atomic mass is 32.1. The van der Waals surface area contributed by atoms with Gasteiger partial charge < -0.3 is 4.90 Å². The van der Waals surface area contributed by atoms with Gasteiger partial charge in [-0.05, 0) is 62.0 Å². The van der Waals surface area contributed by atoms with Crippen LogP contribution in [0.1, 0.15) is 29.2 Å². The Bertz CT molecular complexity index is 1080. The predicted molar refractivity (Wildman–Crippen MR) is 129 cm³/mol. The summed E-state index contributed by atoms with van der Waals surface area (Å²) in [5.41, 5.74) is 4.92. The van der Waals surface area contributed by atoms with Crippen LogP contribution in [-0.4, -0.2) is 29.5 Å². The quantitative estimate of drug-likeness (QED) is 0.353. The number of hydrogen-bond acceptors (Lipinski definition) is 3. The van der Waals surface area contributed by atoms with Crippen LogP contribution in [0.3, 0.4) is 0 Å². The number of piperidine rings is 1. The number of rotatable bonds is 6. The molecular weight excluding hydrogens is 396 g/mol. The zero-order valence-corrected chi connectivity index (χ0v) is 18.4. The van der Waals surface area contributed by atoms with Crippen molar-refractivity contribution in [1.29, 1.82) is 0 Å². The molecule has 0 saturated carbocycles. The van der Waals surface area contributed by atoms with Gasteiger partial charge in [0.1, 0.15) is 5.01 Å². The van der Waals surface area contributed by atoms with Crippen molar-refractivity contribution in [1.82, 2.24) is 9.88 Å². The van der Waals surface area contributed by atoms with E-state index in [1.165, 1.54) is 28.8 Å². The number of hydrogen-bond donors (Lipinski definition) is 0. The van der Waals surface area contributed by atoms with Gasteiger partial charge in [-0.25, -0.2) is 4.98 Å². The summed E-state index contributed by atoms with van der Waals surface area (Å²) >= 11 is 1.87. The van der Waals surface area contributed by atoms with E-state index in [1.807, 2.05) is 23.5 Å². The summed E-state index contributed by atoms with van der Waals surface area (Å²) in [6.07, 6.45) is 3.52. The zero-order chi connectivity index (χ0) is 20.9. The van der Waals surface area contributed by atoms with Crippen molar-refractivity contribution in [3.05, 3.63) is 101 Å². The highest BCUT2D eigenvalue weighted by Crippen LogP contribution is 2.41. The van der Waals surface area contributed by atoms with E-state index in [1.54, 1.807) is 0 Å². The lowest BCUT2D eigenvalue weighted by atomic mass is 9.92. The molecule has 3 heteroatoms. The van der Waals surface area contributed by atoms with Crippen LogP contribution in [0, 0.1) is 12.1 Å². The predicted octanol–water partition coefficient (Wildman–Crippen LogP) is 6.50. The summed E-state index contributed by atoms with van der Waals surface area (Å²) in [7, 11) is 0. The fourth-order valence-corrected chi connectivity index (χ4v) is 5.63. The van der Waals surface area contributed by atoms with Crippen molar-refractivity contribution in [3.8, 4) is 21.8 Å². The lowest BCUT2D eigenvalue weighted by Crippen LogP contribution is -2.34. The number of aromatic nitrogens is 1. The van der Waals surface area contributed by atoms with Crippen LogP contribution in [0.15, 0.2) is 78.9 Å². The molecule has 0 radical (unpaired) electrons. The van der Waals surface area contributed by atoms with Gasteiger partial charge in [0.25, 0.3) is 0 Å². The van der Waals surface area contributed by atoms with Gasteiger partial charge in [-0.3, -0.25) is 0 Å². The van der Waals surface area contributed by atoms with Gasteiger partial charge in [0.05, 0.1) is 5.69 Å². The minimum atomic E-state index is 0.571. The molecule has 4 aromatic rings. The summed E-state index contributed by atoms with van der Waals surface area (Å²) < 4.78 is 0. The van der Waals surface area contributed by atoms with Gasteiger partial charge in [0.2, 0.25) is 0 Å². The third kappa shape index (κ3) is 4.71. The average Bonchev–Trinajstić information content (AvgIpc) is 3.30. The van der Waals surface area contributed by atoms with Crippen LogP contribution < -0.4 is 0 Å². The first-order valence-corrected chi connectivity index (χ1v) is 11.9. The maximum Gasteiger partial charge on any atom is 0.124 e. The Kier molecular flexibility index (Phi) is 6.11. The molecule has 3 aromatic carbocycles. The summed E-state index contributed by atoms with van der Waals surface area (Å²) in [5.74, 6) is 0.571. The summed E-state index contributed by atoms with van der Waals surface area (Å²) in [5, 5.41) is 1.12. The van der Waals surface area contributed by atoms with Gasteiger partial charge in [-0.15, -0.1) is 11.3 Å². The van der Waals surface area contributed by atoms with Crippen molar-refractivity contribution in [3.63, 3.8) is 0 Å². The smallest absolute Gasteiger partial charge is 0.124 e. The molecule has 154 valence electrons. The van der Waals surface area contributed by atoms with Crippen LogP contribution >= 0.6 is 11.3 Å². The molecule has 2 nitrogen and oxygen atoms in total. The Balaban J connectivity index is 1.33. The second-order valence-corrected chi connectivity index (χ2v) is 9.20. The topological polar surface area (TPSA) is 16.1 Å². The normalized spacial score (nSPS) is 15.0. The van der Waals surface area contributed by atoms with E-state index in [-0.39, 0.29) is 0 Å². The second kappa shape index (κ2) is 9.47. The van der Waals surface area contributed by atoms with Gasteiger partial charge in [-0.1, -0.05) is 72.8 Å². The highest BCUT2D eigenvalue weighted by Gasteiger charge is 2.26. The van der Waals surface area contributed by atoms with E-state index in [0.29, 0.717) is 5.92 Å². The Labute approximate surface area is 189 Å². The molecule has 0 N–H and O–H groups in total. The number of benzene rings is 2. The molecule has 2 heterocycles. The van der Waals surface area contributed by atoms with E-state index in [9.17, 15) is 0 Å². The maximum atomic E-state index is 5.09. The highest BCUT2D eigenvalue weighted by molar-refractivity contribution is 7.15. The van der Waals surface area contributed by atoms with Gasteiger partial charge in [0.15, 0.2) is 0 Å². The number of nitrogens with zero attached hydrogens (tertiary/aromatic N) is 2. The number of likely N-dealkylation sites (tertiary alicyclic amines) is 1. The van der Waals surface area contributed by atoms with Crippen LogP contribution in [-0.2, 0) is 6.42 Å². The fraction of sp³-hybridized carbons (Fsp3) is 0.250. The SMILES string of the molecule is c1ccc(-c2nc(-c3ccccc3)sc2C2CCN(CCc3ccccc3)CC2)cc#1. The van der Waals surface area contributed by atoms with Gasteiger partial charge >= 0.3 is 0 Å². The maximum absolute atomic E-state index is 5.09. The third-order valence-corrected chi connectivity index (χ3v) is 7.39. The summed E-state index contributed by atoms with van der Waals surface area (Å²) in [4.78, 5) is 9.14. The minimum absolute atomic E-state index is 0.571. The molecule has 0 aliphatic carbocycles. The molecule has 0 amide bonds. The van der Waals surface area contributed by atoms with Gasteiger partial charge in [0, 0.05) is 22.5 Å². The average molecular weight is 423 g/mol. The Morgan fingerprint density at radius 3 is 2.32 bits per heavy atom. The molecule has 1 aliphatic heterocycles. The van der Waals surface area contributed by atoms with Crippen molar-refractivity contribution >= 4 is 11.3 Å². The lowest BCUT2D eigenvalue weighted by molar-refractivity contribution is 0.216. The van der Waals surface area contributed by atoms with Crippen LogP contribution in [0.5, 0.6) is 0 Å². The lowest BCUT2D eigenvalue weighted by Gasteiger charge is -2.31. The Hall–Kier alpha value is -2.93. The molecule has 0 spiro atoms. The van der Waals surface area contributed by atoms with Crippen molar-refractivity contribution in [2.24, 2.45) is 0 Å².